The quantitative estimate of drug-likeness (QED) is 0.0529. The van der Waals surface area contributed by atoms with Crippen molar-refractivity contribution >= 4 is 35.1 Å². The molecule has 2 aliphatic rings. The third-order valence-electron chi connectivity index (χ3n) is 14.7. The molecule has 0 bridgehead atoms. The van der Waals surface area contributed by atoms with Gasteiger partial charge in [0.2, 0.25) is 0 Å². The summed E-state index contributed by atoms with van der Waals surface area (Å²) in [6.45, 7) is 10.2. The van der Waals surface area contributed by atoms with Gasteiger partial charge in [0.1, 0.15) is 58.0 Å². The van der Waals surface area contributed by atoms with E-state index in [4.69, 9.17) is 18.9 Å². The van der Waals surface area contributed by atoms with Crippen LogP contribution in [0.4, 0.5) is 55.3 Å². The lowest BCUT2D eigenvalue weighted by Crippen LogP contribution is -2.43. The molecule has 88 heavy (non-hydrogen) atoms. The van der Waals surface area contributed by atoms with E-state index in [1.807, 2.05) is 0 Å². The predicted molar refractivity (Wildman–Crippen MR) is 306 cm³/mol. The lowest BCUT2D eigenvalue weighted by Gasteiger charge is -2.26. The Morgan fingerprint density at radius 3 is 1.18 bits per heavy atom. The van der Waals surface area contributed by atoms with Gasteiger partial charge in [0, 0.05) is 72.9 Å². The van der Waals surface area contributed by atoms with Gasteiger partial charge in [-0.15, -0.1) is 0 Å². The Hall–Kier alpha value is -8.84. The van der Waals surface area contributed by atoms with E-state index in [1.54, 1.807) is 27.7 Å². The molecule has 0 saturated carbocycles. The van der Waals surface area contributed by atoms with Crippen LogP contribution in [0.1, 0.15) is 106 Å². The smallest absolute Gasteiger partial charge is 0.417 e. The van der Waals surface area contributed by atoms with E-state index in [0.29, 0.717) is 47.9 Å². The van der Waals surface area contributed by atoms with Gasteiger partial charge in [0.15, 0.2) is 0 Å². The first-order chi connectivity index (χ1) is 41.3. The minimum atomic E-state index is -4.83. The summed E-state index contributed by atoms with van der Waals surface area (Å²) in [6, 6.07) is 8.01. The van der Waals surface area contributed by atoms with Crippen LogP contribution in [0.3, 0.4) is 0 Å². The zero-order valence-electron chi connectivity index (χ0n) is 49.5. The second-order valence-corrected chi connectivity index (χ2v) is 21.7. The van der Waals surface area contributed by atoms with Crippen LogP contribution in [0.5, 0.6) is 11.5 Å². The molecule has 0 radical (unpaired) electrons. The van der Waals surface area contributed by atoms with E-state index in [0.717, 1.165) is 59.8 Å². The van der Waals surface area contributed by atoms with Gasteiger partial charge in [-0.3, -0.25) is 19.2 Å². The summed E-state index contributed by atoms with van der Waals surface area (Å²) in [6.07, 6.45) is -8.49. The number of hydrogen-bond donors (Lipinski definition) is 4. The molecular weight excluding hydrogens is 1180 g/mol. The number of nitrogens with zero attached hydrogens (tertiary/aromatic N) is 2. The summed E-state index contributed by atoms with van der Waals surface area (Å²) in [5.41, 5.74) is -4.83. The van der Waals surface area contributed by atoms with Gasteiger partial charge in [-0.2, -0.15) is 26.3 Å². The number of alkyl halides is 6. The van der Waals surface area contributed by atoms with Gasteiger partial charge in [-0.1, -0.05) is 24.3 Å². The molecule has 0 unspecified atom stereocenters. The summed E-state index contributed by atoms with van der Waals surface area (Å²) in [4.78, 5) is 77.8. The van der Waals surface area contributed by atoms with E-state index in [9.17, 15) is 72.7 Å². The number of hydrogen-bond acceptors (Lipinski definition) is 12. The Morgan fingerprint density at radius 2 is 0.886 bits per heavy atom. The third kappa shape index (κ3) is 14.6. The minimum absolute atomic E-state index is 0.0560. The first-order valence-electron chi connectivity index (χ1n) is 27.7. The van der Waals surface area contributed by atoms with Crippen LogP contribution in [-0.2, 0) is 71.2 Å². The average molecular weight is 1240 g/mol. The van der Waals surface area contributed by atoms with E-state index < -0.39 is 116 Å². The van der Waals surface area contributed by atoms with Crippen molar-refractivity contribution in [2.45, 2.75) is 117 Å². The number of pyridine rings is 2. The molecule has 16 nitrogen and oxygen atoms in total. The summed E-state index contributed by atoms with van der Waals surface area (Å²) >= 11 is 0. The Balaban J connectivity index is 0.000000251. The molecule has 0 saturated heterocycles. The fraction of sp³-hybridized carbons (Fsp3) is 0.387. The van der Waals surface area contributed by atoms with E-state index in [1.165, 1.54) is 52.2 Å². The first-order valence-corrected chi connectivity index (χ1v) is 27.7. The first kappa shape index (κ1) is 66.7. The highest BCUT2D eigenvalue weighted by atomic mass is 19.4. The third-order valence-corrected chi connectivity index (χ3v) is 14.7. The molecule has 0 aliphatic carbocycles. The maximum atomic E-state index is 14.8. The number of methoxy groups -OCH3 is 2. The predicted octanol–water partition coefficient (Wildman–Crippen LogP) is 10.6. The highest BCUT2D eigenvalue weighted by Gasteiger charge is 2.40. The normalized spacial score (nSPS) is 13.6. The fourth-order valence-electron chi connectivity index (χ4n) is 10.4. The molecule has 6 aromatic rings. The molecule has 4 heterocycles. The number of nitrogens with one attached hydrogen (secondary N) is 4. The molecule has 472 valence electrons. The largest absolute Gasteiger partial charge is 0.493 e. The van der Waals surface area contributed by atoms with Gasteiger partial charge in [0.25, 0.3) is 22.9 Å². The van der Waals surface area contributed by atoms with E-state index >= 15 is 0 Å². The summed E-state index contributed by atoms with van der Waals surface area (Å²) in [7, 11) is 4.88. The molecule has 4 aromatic carbocycles. The van der Waals surface area contributed by atoms with Crippen molar-refractivity contribution in [2.75, 3.05) is 38.1 Å². The number of anilines is 2. The number of rotatable bonds is 16. The highest BCUT2D eigenvalue weighted by molar-refractivity contribution is 5.98. The number of halogens is 10. The van der Waals surface area contributed by atoms with Gasteiger partial charge in [-0.25, -0.2) is 27.2 Å². The van der Waals surface area contributed by atoms with E-state index in [-0.39, 0.29) is 83.5 Å². The number of carbonyl (C=O) groups is 4. The van der Waals surface area contributed by atoms with Crippen molar-refractivity contribution in [1.82, 2.24) is 19.8 Å². The van der Waals surface area contributed by atoms with Crippen molar-refractivity contribution in [3.63, 3.8) is 0 Å². The number of benzene rings is 4. The minimum Gasteiger partial charge on any atom is -0.493 e. The van der Waals surface area contributed by atoms with Gasteiger partial charge in [0.05, 0.1) is 49.7 Å². The maximum Gasteiger partial charge on any atom is 0.417 e. The number of aryl methyl sites for hydroxylation is 2. The number of fused-ring (bicyclic) bond motifs is 2. The summed E-state index contributed by atoms with van der Waals surface area (Å²) < 4.78 is 167. The van der Waals surface area contributed by atoms with Gasteiger partial charge in [-0.05, 0) is 126 Å². The summed E-state index contributed by atoms with van der Waals surface area (Å²) in [5.74, 6) is -8.72. The van der Waals surface area contributed by atoms with Crippen molar-refractivity contribution in [1.29, 1.82) is 0 Å². The SMILES string of the molecule is COC(=O)[C@H](Cc1ccc(-c2c(C(F)(F)F)cc(C)n(C)c2=O)c2c1CCCO2)NC(=O)c1c(F)cc(NC(C)C)cc1F.COC(=O)[C@H](Cc1ccc(-c2c(C(F)(F)F)cc(C)n(C)c2=O)c2c1CCCO2)NC(=O)c1c(F)cc(NC(C)C)cc1F. The molecule has 2 atom stereocenters. The molecule has 0 spiro atoms. The average Bonchev–Trinajstić information content (AvgIpc) is 0.810. The topological polar surface area (TPSA) is 197 Å². The molecule has 0 fully saturated rings. The van der Waals surface area contributed by atoms with Crippen LogP contribution >= 0.6 is 0 Å². The van der Waals surface area contributed by atoms with Crippen LogP contribution in [0.15, 0.2) is 70.3 Å². The van der Waals surface area contributed by atoms with Gasteiger partial charge < -0.3 is 49.3 Å². The Bertz CT molecular complexity index is 3530. The standard InChI is InChI=1S/2C31H32F5N3O5/c2*1-15(2)37-18-13-22(32)26(23(33)14-18)28(40)38-24(30(42)43-5)12-17-8-9-20(27-19(17)7-6-10-44-27)25-21(31(34,35)36)11-16(3)39(4)29(25)41/h2*8-9,11,13-15,24,37H,6-7,10,12H2,1-5H3,(H,38,40)/t2*24-/m00/s1. The molecule has 4 N–H and O–H groups in total. The number of esters is 2. The monoisotopic (exact) mass is 1240 g/mol. The lowest BCUT2D eigenvalue weighted by atomic mass is 9.89. The van der Waals surface area contributed by atoms with Crippen LogP contribution in [0.2, 0.25) is 0 Å². The maximum absolute atomic E-state index is 14.8. The van der Waals surface area contributed by atoms with Crippen LogP contribution in [-0.4, -0.2) is 84.5 Å². The number of amides is 2. The fourth-order valence-corrected chi connectivity index (χ4v) is 10.4. The Morgan fingerprint density at radius 1 is 0.557 bits per heavy atom. The second kappa shape index (κ2) is 27.0. The van der Waals surface area contributed by atoms with Crippen molar-refractivity contribution in [2.24, 2.45) is 14.1 Å². The molecule has 26 heteroatoms. The highest BCUT2D eigenvalue weighted by Crippen LogP contribution is 2.45. The summed E-state index contributed by atoms with van der Waals surface area (Å²) in [5, 5.41) is 10.3. The Kier molecular flexibility index (Phi) is 20.5. The molecule has 2 aliphatic heterocycles. The van der Waals surface area contributed by atoms with Crippen molar-refractivity contribution in [3.05, 3.63) is 161 Å². The zero-order valence-corrected chi connectivity index (χ0v) is 49.5. The lowest BCUT2D eigenvalue weighted by molar-refractivity contribution is -0.143. The Labute approximate surface area is 498 Å². The molecular formula is C62H64F10N6O10. The van der Waals surface area contributed by atoms with E-state index in [2.05, 4.69) is 21.3 Å². The van der Waals surface area contributed by atoms with Crippen LogP contribution in [0.25, 0.3) is 22.3 Å². The zero-order chi connectivity index (χ0) is 65.0. The second-order valence-electron chi connectivity index (χ2n) is 21.7. The number of ether oxygens (including phenoxy) is 4. The van der Waals surface area contributed by atoms with Crippen LogP contribution < -0.4 is 41.9 Å². The van der Waals surface area contributed by atoms with Crippen molar-refractivity contribution in [3.8, 4) is 33.8 Å². The number of aromatic nitrogens is 2. The number of carbonyl (C=O) groups excluding carboxylic acids is 4. The molecule has 2 amide bonds. The molecule has 2 aromatic heterocycles. The van der Waals surface area contributed by atoms with Crippen LogP contribution in [0, 0.1) is 37.1 Å². The van der Waals surface area contributed by atoms with Crippen molar-refractivity contribution < 1.29 is 82.0 Å². The van der Waals surface area contributed by atoms with Gasteiger partial charge >= 0.3 is 24.3 Å². The molecule has 8 rings (SSSR count).